The summed E-state index contributed by atoms with van der Waals surface area (Å²) >= 11 is 0. The summed E-state index contributed by atoms with van der Waals surface area (Å²) in [6.07, 6.45) is 2.32. The first kappa shape index (κ1) is 21.2. The van der Waals surface area contributed by atoms with Crippen molar-refractivity contribution in [3.05, 3.63) is 77.4 Å². The van der Waals surface area contributed by atoms with E-state index in [-0.39, 0.29) is 17.9 Å². The van der Waals surface area contributed by atoms with Crippen molar-refractivity contribution in [2.45, 2.75) is 45.6 Å². The Hall–Kier alpha value is -3.48. The summed E-state index contributed by atoms with van der Waals surface area (Å²) in [6, 6.07) is 16.3. The predicted octanol–water partition coefficient (Wildman–Crippen LogP) is 4.08. The van der Waals surface area contributed by atoms with Crippen LogP contribution in [0.25, 0.3) is 0 Å². The van der Waals surface area contributed by atoms with Crippen LogP contribution in [0.2, 0.25) is 0 Å². The van der Waals surface area contributed by atoms with Crippen LogP contribution in [-0.2, 0) is 17.6 Å². The molecule has 0 saturated heterocycles. The molecule has 0 saturated carbocycles. The molecule has 7 nitrogen and oxygen atoms in total. The van der Waals surface area contributed by atoms with E-state index in [0.717, 1.165) is 12.0 Å². The predicted molar refractivity (Wildman–Crippen MR) is 114 cm³/mol. The quantitative estimate of drug-likeness (QED) is 0.558. The van der Waals surface area contributed by atoms with Crippen molar-refractivity contribution < 1.29 is 14.1 Å². The molecule has 0 aliphatic heterocycles. The highest BCUT2D eigenvalue weighted by Crippen LogP contribution is 2.18. The number of hydrogen-bond donors (Lipinski definition) is 2. The van der Waals surface area contributed by atoms with E-state index in [1.165, 1.54) is 0 Å². The standard InChI is InChI=1S/C23H26N4O3/c1-3-20-26-22(30-27-20)14-8-13-21(28)24-16(2)18-11-7-12-19(15-18)25-23(29)17-9-5-4-6-10-17/h4-7,9-12,15-16H,3,8,13-14H2,1-2H3,(H,24,28)(H,25,29). The third-order valence-electron chi connectivity index (χ3n) is 4.68. The molecular formula is C23H26N4O3. The van der Waals surface area contributed by atoms with Crippen LogP contribution in [0, 0.1) is 0 Å². The van der Waals surface area contributed by atoms with Gasteiger partial charge in [0, 0.05) is 30.5 Å². The second-order valence-electron chi connectivity index (χ2n) is 7.05. The average molecular weight is 406 g/mol. The first-order chi connectivity index (χ1) is 14.5. The van der Waals surface area contributed by atoms with Crippen LogP contribution in [0.15, 0.2) is 59.1 Å². The Morgan fingerprint density at radius 1 is 1.10 bits per heavy atom. The molecule has 0 radical (unpaired) electrons. The molecule has 7 heteroatoms. The lowest BCUT2D eigenvalue weighted by atomic mass is 10.1. The van der Waals surface area contributed by atoms with Crippen LogP contribution in [0.4, 0.5) is 5.69 Å². The van der Waals surface area contributed by atoms with Gasteiger partial charge in [-0.3, -0.25) is 9.59 Å². The van der Waals surface area contributed by atoms with Crippen LogP contribution >= 0.6 is 0 Å². The first-order valence-corrected chi connectivity index (χ1v) is 10.1. The second-order valence-corrected chi connectivity index (χ2v) is 7.05. The van der Waals surface area contributed by atoms with E-state index >= 15 is 0 Å². The Labute approximate surface area is 175 Å². The van der Waals surface area contributed by atoms with Crippen LogP contribution in [0.1, 0.15) is 60.4 Å². The number of carbonyl (C=O) groups excluding carboxylic acids is 2. The maximum absolute atomic E-state index is 12.3. The van der Waals surface area contributed by atoms with Crippen LogP contribution < -0.4 is 10.6 Å². The molecule has 0 aliphatic rings. The van der Waals surface area contributed by atoms with Crippen molar-refractivity contribution in [1.82, 2.24) is 15.5 Å². The van der Waals surface area contributed by atoms with Gasteiger partial charge in [0.05, 0.1) is 6.04 Å². The summed E-state index contributed by atoms with van der Waals surface area (Å²) in [5.41, 5.74) is 2.20. The Kier molecular flexibility index (Phi) is 7.32. The number of nitrogens with one attached hydrogen (secondary N) is 2. The summed E-state index contributed by atoms with van der Waals surface area (Å²) in [5, 5.41) is 9.74. The zero-order valence-corrected chi connectivity index (χ0v) is 17.2. The highest BCUT2D eigenvalue weighted by atomic mass is 16.5. The van der Waals surface area contributed by atoms with E-state index < -0.39 is 0 Å². The summed E-state index contributed by atoms with van der Waals surface area (Å²) < 4.78 is 5.14. The van der Waals surface area contributed by atoms with Gasteiger partial charge in [0.2, 0.25) is 11.8 Å². The molecule has 30 heavy (non-hydrogen) atoms. The minimum Gasteiger partial charge on any atom is -0.350 e. The Morgan fingerprint density at radius 3 is 2.63 bits per heavy atom. The highest BCUT2D eigenvalue weighted by Gasteiger charge is 2.12. The van der Waals surface area contributed by atoms with Gasteiger partial charge in [-0.1, -0.05) is 42.4 Å². The fourth-order valence-electron chi connectivity index (χ4n) is 3.01. The number of aryl methyl sites for hydroxylation is 2. The Morgan fingerprint density at radius 2 is 1.90 bits per heavy atom. The largest absolute Gasteiger partial charge is 0.350 e. The van der Waals surface area contributed by atoms with Gasteiger partial charge in [0.1, 0.15) is 0 Å². The third-order valence-corrected chi connectivity index (χ3v) is 4.68. The molecule has 2 N–H and O–H groups in total. The molecule has 1 aromatic heterocycles. The number of benzene rings is 2. The van der Waals surface area contributed by atoms with Gasteiger partial charge in [-0.2, -0.15) is 4.98 Å². The molecule has 0 spiro atoms. The van der Waals surface area contributed by atoms with E-state index in [2.05, 4.69) is 20.8 Å². The monoisotopic (exact) mass is 406 g/mol. The zero-order chi connectivity index (χ0) is 21.3. The summed E-state index contributed by atoms with van der Waals surface area (Å²) in [5.74, 6) is 1.03. The van der Waals surface area contributed by atoms with Gasteiger partial charge >= 0.3 is 0 Å². The van der Waals surface area contributed by atoms with E-state index in [1.807, 2.05) is 56.3 Å². The fourth-order valence-corrected chi connectivity index (χ4v) is 3.01. The number of anilines is 1. The average Bonchev–Trinajstić information content (AvgIpc) is 3.22. The maximum Gasteiger partial charge on any atom is 0.255 e. The molecule has 3 rings (SSSR count). The van der Waals surface area contributed by atoms with Gasteiger partial charge in [0.15, 0.2) is 5.82 Å². The number of rotatable bonds is 9. The van der Waals surface area contributed by atoms with E-state index in [4.69, 9.17) is 4.52 Å². The molecule has 2 amide bonds. The SMILES string of the molecule is CCc1noc(CCCC(=O)NC(C)c2cccc(NC(=O)c3ccccc3)c2)n1. The molecule has 0 aliphatic carbocycles. The lowest BCUT2D eigenvalue weighted by Gasteiger charge is -2.15. The minimum atomic E-state index is -0.179. The number of nitrogens with zero attached hydrogens (tertiary/aromatic N) is 2. The summed E-state index contributed by atoms with van der Waals surface area (Å²) in [6.45, 7) is 3.88. The minimum absolute atomic E-state index is 0.0449. The molecule has 2 aromatic carbocycles. The second kappa shape index (κ2) is 10.3. The summed E-state index contributed by atoms with van der Waals surface area (Å²) in [4.78, 5) is 28.9. The maximum atomic E-state index is 12.3. The van der Waals surface area contributed by atoms with Gasteiger partial charge in [0.25, 0.3) is 5.91 Å². The fraction of sp³-hybridized carbons (Fsp3) is 0.304. The smallest absolute Gasteiger partial charge is 0.255 e. The van der Waals surface area contributed by atoms with Crippen molar-refractivity contribution in [2.24, 2.45) is 0 Å². The molecule has 1 heterocycles. The molecule has 0 fully saturated rings. The Bertz CT molecular complexity index is 985. The number of amides is 2. The normalized spacial score (nSPS) is 11.7. The molecule has 0 bridgehead atoms. The molecule has 3 aromatic rings. The molecular weight excluding hydrogens is 380 g/mol. The topological polar surface area (TPSA) is 97.1 Å². The van der Waals surface area contributed by atoms with Gasteiger partial charge in [-0.15, -0.1) is 0 Å². The van der Waals surface area contributed by atoms with Crippen LogP contribution in [-0.4, -0.2) is 22.0 Å². The first-order valence-electron chi connectivity index (χ1n) is 10.1. The number of hydrogen-bond acceptors (Lipinski definition) is 5. The van der Waals surface area contributed by atoms with Crippen molar-refractivity contribution in [1.29, 1.82) is 0 Å². The molecule has 1 unspecified atom stereocenters. The molecule has 1 atom stereocenters. The lowest BCUT2D eigenvalue weighted by Crippen LogP contribution is -2.26. The van der Waals surface area contributed by atoms with E-state index in [1.54, 1.807) is 12.1 Å². The molecule has 156 valence electrons. The van der Waals surface area contributed by atoms with Crippen LogP contribution in [0.3, 0.4) is 0 Å². The van der Waals surface area contributed by atoms with E-state index in [0.29, 0.717) is 42.2 Å². The van der Waals surface area contributed by atoms with Gasteiger partial charge in [-0.25, -0.2) is 0 Å². The van der Waals surface area contributed by atoms with Crippen molar-refractivity contribution in [2.75, 3.05) is 5.32 Å². The highest BCUT2D eigenvalue weighted by molar-refractivity contribution is 6.04. The third kappa shape index (κ3) is 6.01. The van der Waals surface area contributed by atoms with Crippen molar-refractivity contribution in [3.8, 4) is 0 Å². The number of carbonyl (C=O) groups is 2. The van der Waals surface area contributed by atoms with Crippen molar-refractivity contribution in [3.63, 3.8) is 0 Å². The van der Waals surface area contributed by atoms with E-state index in [9.17, 15) is 9.59 Å². The van der Waals surface area contributed by atoms with Crippen molar-refractivity contribution >= 4 is 17.5 Å². The summed E-state index contributed by atoms with van der Waals surface area (Å²) in [7, 11) is 0. The van der Waals surface area contributed by atoms with Gasteiger partial charge in [-0.05, 0) is 43.2 Å². The lowest BCUT2D eigenvalue weighted by molar-refractivity contribution is -0.121. The van der Waals surface area contributed by atoms with Crippen LogP contribution in [0.5, 0.6) is 0 Å². The zero-order valence-electron chi connectivity index (χ0n) is 17.2. The van der Waals surface area contributed by atoms with Gasteiger partial charge < -0.3 is 15.2 Å². The Balaban J connectivity index is 1.49. The number of aromatic nitrogens is 2.